The first kappa shape index (κ1) is 23.4. The number of likely N-dealkylation sites (N-methyl/N-ethyl adjacent to an activating group) is 1. The van der Waals surface area contributed by atoms with Crippen molar-refractivity contribution in [3.8, 4) is 11.4 Å². The second kappa shape index (κ2) is 10.9. The summed E-state index contributed by atoms with van der Waals surface area (Å²) >= 11 is 1.35. The standard InChI is InChI=1S/C24H28N4O3S/c1-17(2)20-10-5-6-11-21(20)28-13-12-25-24(28)32-16-23(30)27(3)15-22(29)26-18-8-7-9-19(14-18)31-4/h5-14,17H,15-16H2,1-4H3,(H,26,29). The van der Waals surface area contributed by atoms with Crippen LogP contribution >= 0.6 is 11.8 Å². The summed E-state index contributed by atoms with van der Waals surface area (Å²) in [5.41, 5.74) is 2.89. The molecule has 0 aliphatic rings. The Balaban J connectivity index is 1.58. The number of ether oxygens (including phenoxy) is 1. The summed E-state index contributed by atoms with van der Waals surface area (Å²) in [5.74, 6) is 0.776. The number of carbonyl (C=O) groups excluding carboxylic acids is 2. The van der Waals surface area contributed by atoms with E-state index in [4.69, 9.17) is 4.74 Å². The smallest absolute Gasteiger partial charge is 0.243 e. The largest absolute Gasteiger partial charge is 0.497 e. The van der Waals surface area contributed by atoms with Crippen LogP contribution < -0.4 is 10.1 Å². The van der Waals surface area contributed by atoms with E-state index < -0.39 is 0 Å². The number of imidazole rings is 1. The normalized spacial score (nSPS) is 10.8. The van der Waals surface area contributed by atoms with E-state index in [1.807, 2.05) is 22.9 Å². The summed E-state index contributed by atoms with van der Waals surface area (Å²) in [4.78, 5) is 30.8. The van der Waals surface area contributed by atoms with Gasteiger partial charge in [-0.1, -0.05) is 49.9 Å². The van der Waals surface area contributed by atoms with Crippen molar-refractivity contribution in [1.29, 1.82) is 0 Å². The summed E-state index contributed by atoms with van der Waals surface area (Å²) in [6.45, 7) is 4.26. The van der Waals surface area contributed by atoms with E-state index in [1.165, 1.54) is 22.2 Å². The minimum absolute atomic E-state index is 0.0404. The average Bonchev–Trinajstić information content (AvgIpc) is 3.25. The van der Waals surface area contributed by atoms with Crippen molar-refractivity contribution in [2.75, 3.05) is 31.8 Å². The van der Waals surface area contributed by atoms with Gasteiger partial charge >= 0.3 is 0 Å². The van der Waals surface area contributed by atoms with Crippen LogP contribution in [0.2, 0.25) is 0 Å². The molecule has 0 aliphatic heterocycles. The Morgan fingerprint density at radius 2 is 1.97 bits per heavy atom. The van der Waals surface area contributed by atoms with Crippen LogP contribution in [0.3, 0.4) is 0 Å². The zero-order valence-electron chi connectivity index (χ0n) is 18.7. The number of amides is 2. The summed E-state index contributed by atoms with van der Waals surface area (Å²) in [6, 6.07) is 15.3. The molecule has 3 aromatic rings. The SMILES string of the molecule is COc1cccc(NC(=O)CN(C)C(=O)CSc2nccn2-c2ccccc2C(C)C)c1. The molecule has 2 amide bonds. The Kier molecular flexibility index (Phi) is 7.94. The third-order valence-corrected chi connectivity index (χ3v) is 5.86. The van der Waals surface area contributed by atoms with Gasteiger partial charge in [-0.2, -0.15) is 0 Å². The van der Waals surface area contributed by atoms with E-state index in [-0.39, 0.29) is 24.1 Å². The zero-order chi connectivity index (χ0) is 23.1. The van der Waals surface area contributed by atoms with Crippen molar-refractivity contribution in [3.63, 3.8) is 0 Å². The van der Waals surface area contributed by atoms with E-state index in [0.29, 0.717) is 17.4 Å². The highest BCUT2D eigenvalue weighted by atomic mass is 32.2. The second-order valence-electron chi connectivity index (χ2n) is 7.61. The molecule has 32 heavy (non-hydrogen) atoms. The number of anilines is 1. The number of para-hydroxylation sites is 1. The van der Waals surface area contributed by atoms with E-state index in [2.05, 4.69) is 36.3 Å². The number of nitrogens with one attached hydrogen (secondary N) is 1. The minimum atomic E-state index is -0.272. The molecule has 8 heteroatoms. The first-order valence-electron chi connectivity index (χ1n) is 10.3. The van der Waals surface area contributed by atoms with Crippen molar-refractivity contribution >= 4 is 29.3 Å². The van der Waals surface area contributed by atoms with E-state index in [9.17, 15) is 9.59 Å². The van der Waals surface area contributed by atoms with Crippen LogP contribution in [-0.2, 0) is 9.59 Å². The molecule has 0 bridgehead atoms. The molecular weight excluding hydrogens is 424 g/mol. The molecule has 168 valence electrons. The molecule has 0 fully saturated rings. The van der Waals surface area contributed by atoms with Gasteiger partial charge < -0.3 is 15.0 Å². The Morgan fingerprint density at radius 1 is 1.19 bits per heavy atom. The third-order valence-electron chi connectivity index (χ3n) is 4.91. The summed E-state index contributed by atoms with van der Waals surface area (Å²) in [5, 5.41) is 3.52. The van der Waals surface area contributed by atoms with Crippen molar-refractivity contribution in [3.05, 3.63) is 66.5 Å². The Bertz CT molecular complexity index is 1080. The lowest BCUT2D eigenvalue weighted by Crippen LogP contribution is -2.36. The molecule has 0 saturated heterocycles. The molecule has 1 aromatic heterocycles. The fourth-order valence-corrected chi connectivity index (χ4v) is 4.12. The minimum Gasteiger partial charge on any atom is -0.497 e. The predicted molar refractivity (Wildman–Crippen MR) is 128 cm³/mol. The van der Waals surface area contributed by atoms with Gasteiger partial charge in [0.15, 0.2) is 5.16 Å². The average molecular weight is 453 g/mol. The third kappa shape index (κ3) is 5.91. The summed E-state index contributed by atoms with van der Waals surface area (Å²) in [6.07, 6.45) is 3.63. The zero-order valence-corrected chi connectivity index (χ0v) is 19.6. The van der Waals surface area contributed by atoms with E-state index in [0.717, 1.165) is 10.8 Å². The number of methoxy groups -OCH3 is 1. The van der Waals surface area contributed by atoms with Gasteiger partial charge in [-0.3, -0.25) is 14.2 Å². The summed E-state index contributed by atoms with van der Waals surface area (Å²) < 4.78 is 7.16. The Morgan fingerprint density at radius 3 is 2.72 bits per heavy atom. The summed E-state index contributed by atoms with van der Waals surface area (Å²) in [7, 11) is 3.19. The lowest BCUT2D eigenvalue weighted by molar-refractivity contribution is -0.131. The lowest BCUT2D eigenvalue weighted by Gasteiger charge is -2.18. The van der Waals surface area contributed by atoms with Gasteiger partial charge in [-0.25, -0.2) is 4.98 Å². The monoisotopic (exact) mass is 452 g/mol. The molecule has 0 saturated carbocycles. The highest BCUT2D eigenvalue weighted by molar-refractivity contribution is 7.99. The first-order chi connectivity index (χ1) is 15.4. The molecule has 0 unspecified atom stereocenters. The van der Waals surface area contributed by atoms with Crippen LogP contribution in [0.4, 0.5) is 5.69 Å². The van der Waals surface area contributed by atoms with Crippen LogP contribution in [0.5, 0.6) is 5.75 Å². The van der Waals surface area contributed by atoms with Crippen molar-refractivity contribution in [1.82, 2.24) is 14.5 Å². The maximum Gasteiger partial charge on any atom is 0.243 e. The van der Waals surface area contributed by atoms with Gasteiger partial charge in [0.2, 0.25) is 11.8 Å². The second-order valence-corrected chi connectivity index (χ2v) is 8.55. The number of hydrogen-bond donors (Lipinski definition) is 1. The van der Waals surface area contributed by atoms with Gasteiger partial charge in [-0.15, -0.1) is 0 Å². The molecule has 1 heterocycles. The van der Waals surface area contributed by atoms with E-state index >= 15 is 0 Å². The molecular formula is C24H28N4O3S. The maximum atomic E-state index is 12.6. The molecule has 7 nitrogen and oxygen atoms in total. The van der Waals surface area contributed by atoms with Crippen LogP contribution in [0, 0.1) is 0 Å². The molecule has 0 radical (unpaired) electrons. The number of hydrogen-bond acceptors (Lipinski definition) is 5. The fourth-order valence-electron chi connectivity index (χ4n) is 3.22. The van der Waals surface area contributed by atoms with Gasteiger partial charge in [0.1, 0.15) is 5.75 Å². The molecule has 3 rings (SSSR count). The van der Waals surface area contributed by atoms with Crippen LogP contribution in [0.1, 0.15) is 25.3 Å². The van der Waals surface area contributed by atoms with Crippen molar-refractivity contribution in [2.45, 2.75) is 24.9 Å². The van der Waals surface area contributed by atoms with Gasteiger partial charge in [0.25, 0.3) is 0 Å². The number of carbonyl (C=O) groups is 2. The van der Waals surface area contributed by atoms with Crippen LogP contribution in [0.25, 0.3) is 5.69 Å². The number of aromatic nitrogens is 2. The quantitative estimate of drug-likeness (QED) is 0.493. The first-order valence-corrected chi connectivity index (χ1v) is 11.3. The Labute approximate surface area is 192 Å². The van der Waals surface area contributed by atoms with E-state index in [1.54, 1.807) is 44.6 Å². The van der Waals surface area contributed by atoms with Crippen molar-refractivity contribution < 1.29 is 14.3 Å². The number of benzene rings is 2. The van der Waals surface area contributed by atoms with Crippen molar-refractivity contribution in [2.24, 2.45) is 0 Å². The number of thioether (sulfide) groups is 1. The Hall–Kier alpha value is -3.26. The molecule has 1 N–H and O–H groups in total. The topological polar surface area (TPSA) is 76.5 Å². The number of nitrogens with zero attached hydrogens (tertiary/aromatic N) is 3. The maximum absolute atomic E-state index is 12.6. The van der Waals surface area contributed by atoms with Gasteiger partial charge in [0, 0.05) is 31.2 Å². The molecule has 2 aromatic carbocycles. The van der Waals surface area contributed by atoms with Gasteiger partial charge in [-0.05, 0) is 29.7 Å². The molecule has 0 atom stereocenters. The predicted octanol–water partition coefficient (Wildman–Crippen LogP) is 4.19. The highest BCUT2D eigenvalue weighted by Gasteiger charge is 2.17. The van der Waals surface area contributed by atoms with Gasteiger partial charge in [0.05, 0.1) is 25.1 Å². The molecule has 0 aliphatic carbocycles. The number of rotatable bonds is 9. The highest BCUT2D eigenvalue weighted by Crippen LogP contribution is 2.27. The van der Waals surface area contributed by atoms with Crippen LogP contribution in [0.15, 0.2) is 66.1 Å². The molecule has 0 spiro atoms. The lowest BCUT2D eigenvalue weighted by atomic mass is 10.0. The fraction of sp³-hybridized carbons (Fsp3) is 0.292. The van der Waals surface area contributed by atoms with Crippen LogP contribution in [-0.4, -0.2) is 52.7 Å².